The summed E-state index contributed by atoms with van der Waals surface area (Å²) in [6, 6.07) is 5.20. The molecule has 1 aliphatic rings. The molecule has 1 aliphatic heterocycles. The van der Waals surface area contributed by atoms with Gasteiger partial charge in [0.05, 0.1) is 0 Å². The predicted octanol–water partition coefficient (Wildman–Crippen LogP) is 2.58. The largest absolute Gasteiger partial charge is 0.508 e. The number of ether oxygens (including phenoxy) is 1. The van der Waals surface area contributed by atoms with Crippen LogP contribution < -0.4 is 5.73 Å². The summed E-state index contributed by atoms with van der Waals surface area (Å²) < 4.78 is 6.29. The van der Waals surface area contributed by atoms with E-state index in [0.29, 0.717) is 5.92 Å². The molecule has 1 saturated heterocycles. The molecule has 16 heavy (non-hydrogen) atoms. The monoisotopic (exact) mass is 285 g/mol. The molecule has 0 amide bonds. The Morgan fingerprint density at radius 3 is 2.75 bits per heavy atom. The molecule has 0 unspecified atom stereocenters. The van der Waals surface area contributed by atoms with Crippen molar-refractivity contribution in [3.8, 4) is 5.75 Å². The van der Waals surface area contributed by atoms with Crippen molar-refractivity contribution in [2.24, 2.45) is 11.7 Å². The van der Waals surface area contributed by atoms with Gasteiger partial charge in [-0.25, -0.2) is 0 Å². The van der Waals surface area contributed by atoms with Gasteiger partial charge in [0.25, 0.3) is 0 Å². The second-order valence-corrected chi connectivity index (χ2v) is 5.04. The number of hydrogen-bond donors (Lipinski definition) is 2. The van der Waals surface area contributed by atoms with Gasteiger partial charge >= 0.3 is 0 Å². The Bertz CT molecular complexity index is 364. The molecule has 3 N–H and O–H groups in total. The molecule has 0 aromatic heterocycles. The van der Waals surface area contributed by atoms with Crippen LogP contribution in [0.5, 0.6) is 5.75 Å². The second-order valence-electron chi connectivity index (χ2n) is 4.18. The Labute approximate surface area is 104 Å². The zero-order valence-corrected chi connectivity index (χ0v) is 10.6. The third-order valence-electron chi connectivity index (χ3n) is 3.11. The SMILES string of the molecule is N[C@@H](c1cc(O)ccc1Br)C1CCOCC1. The van der Waals surface area contributed by atoms with Crippen molar-refractivity contribution in [1.29, 1.82) is 0 Å². The van der Waals surface area contributed by atoms with Gasteiger partial charge in [-0.05, 0) is 42.5 Å². The van der Waals surface area contributed by atoms with E-state index < -0.39 is 0 Å². The molecule has 1 aromatic rings. The first-order valence-electron chi connectivity index (χ1n) is 5.50. The quantitative estimate of drug-likeness (QED) is 0.878. The smallest absolute Gasteiger partial charge is 0.115 e. The first-order chi connectivity index (χ1) is 7.68. The molecule has 4 heteroatoms. The van der Waals surface area contributed by atoms with Crippen LogP contribution in [0.4, 0.5) is 0 Å². The molecular weight excluding hydrogens is 270 g/mol. The van der Waals surface area contributed by atoms with Crippen LogP contribution in [-0.4, -0.2) is 18.3 Å². The van der Waals surface area contributed by atoms with E-state index in [1.165, 1.54) is 0 Å². The van der Waals surface area contributed by atoms with Gasteiger partial charge in [0.15, 0.2) is 0 Å². The van der Waals surface area contributed by atoms with E-state index in [4.69, 9.17) is 10.5 Å². The highest BCUT2D eigenvalue weighted by Gasteiger charge is 2.23. The normalized spacial score (nSPS) is 19.6. The summed E-state index contributed by atoms with van der Waals surface area (Å²) in [5, 5.41) is 9.48. The maximum absolute atomic E-state index is 9.48. The van der Waals surface area contributed by atoms with Gasteiger partial charge in [0.1, 0.15) is 5.75 Å². The number of halogens is 1. The van der Waals surface area contributed by atoms with E-state index in [1.807, 2.05) is 6.07 Å². The van der Waals surface area contributed by atoms with Crippen molar-refractivity contribution in [3.63, 3.8) is 0 Å². The van der Waals surface area contributed by atoms with Crippen LogP contribution >= 0.6 is 15.9 Å². The maximum Gasteiger partial charge on any atom is 0.115 e. The fourth-order valence-corrected chi connectivity index (χ4v) is 2.63. The average Bonchev–Trinajstić information content (AvgIpc) is 2.32. The number of phenols is 1. The van der Waals surface area contributed by atoms with Crippen molar-refractivity contribution in [1.82, 2.24) is 0 Å². The summed E-state index contributed by atoms with van der Waals surface area (Å²) in [7, 11) is 0. The maximum atomic E-state index is 9.48. The lowest BCUT2D eigenvalue weighted by molar-refractivity contribution is 0.0583. The van der Waals surface area contributed by atoms with Gasteiger partial charge in [-0.2, -0.15) is 0 Å². The fraction of sp³-hybridized carbons (Fsp3) is 0.500. The standard InChI is InChI=1S/C12H16BrNO2/c13-11-2-1-9(15)7-10(11)12(14)8-3-5-16-6-4-8/h1-2,7-8,12,15H,3-6,14H2/t12-/m1/s1. The summed E-state index contributed by atoms with van der Waals surface area (Å²) in [6.07, 6.45) is 1.98. The molecule has 0 bridgehead atoms. The van der Waals surface area contributed by atoms with E-state index in [1.54, 1.807) is 12.1 Å². The van der Waals surface area contributed by atoms with E-state index in [-0.39, 0.29) is 11.8 Å². The molecular formula is C12H16BrNO2. The van der Waals surface area contributed by atoms with Gasteiger partial charge in [0.2, 0.25) is 0 Å². The topological polar surface area (TPSA) is 55.5 Å². The molecule has 1 atom stereocenters. The van der Waals surface area contributed by atoms with Crippen LogP contribution in [0.2, 0.25) is 0 Å². The highest BCUT2D eigenvalue weighted by atomic mass is 79.9. The van der Waals surface area contributed by atoms with E-state index in [0.717, 1.165) is 36.1 Å². The Balaban J connectivity index is 2.18. The first-order valence-corrected chi connectivity index (χ1v) is 6.29. The van der Waals surface area contributed by atoms with Gasteiger partial charge in [-0.3, -0.25) is 0 Å². The zero-order valence-electron chi connectivity index (χ0n) is 9.03. The summed E-state index contributed by atoms with van der Waals surface area (Å²) in [5.74, 6) is 0.701. The summed E-state index contributed by atoms with van der Waals surface area (Å²) in [4.78, 5) is 0. The Hall–Kier alpha value is -0.580. The van der Waals surface area contributed by atoms with Gasteiger partial charge in [0, 0.05) is 23.7 Å². The van der Waals surface area contributed by atoms with Gasteiger partial charge < -0.3 is 15.6 Å². The highest BCUT2D eigenvalue weighted by molar-refractivity contribution is 9.10. The number of nitrogens with two attached hydrogens (primary N) is 1. The lowest BCUT2D eigenvalue weighted by atomic mass is 9.88. The van der Waals surface area contributed by atoms with Crippen LogP contribution in [0.3, 0.4) is 0 Å². The highest BCUT2D eigenvalue weighted by Crippen LogP contribution is 2.33. The van der Waals surface area contributed by atoms with Crippen LogP contribution in [0.25, 0.3) is 0 Å². The average molecular weight is 286 g/mol. The molecule has 88 valence electrons. The predicted molar refractivity (Wildman–Crippen MR) is 66.3 cm³/mol. The molecule has 0 spiro atoms. The molecule has 2 rings (SSSR count). The van der Waals surface area contributed by atoms with E-state index in [9.17, 15) is 5.11 Å². The minimum absolute atomic E-state index is 0.0367. The molecule has 3 nitrogen and oxygen atoms in total. The fourth-order valence-electron chi connectivity index (χ4n) is 2.12. The minimum Gasteiger partial charge on any atom is -0.508 e. The number of aromatic hydroxyl groups is 1. The van der Waals surface area contributed by atoms with E-state index >= 15 is 0 Å². The molecule has 0 aliphatic carbocycles. The van der Waals surface area contributed by atoms with Gasteiger partial charge in [-0.15, -0.1) is 0 Å². The Morgan fingerprint density at radius 2 is 2.06 bits per heavy atom. The Kier molecular flexibility index (Phi) is 3.84. The van der Waals surface area contributed by atoms with Crippen molar-refractivity contribution in [2.45, 2.75) is 18.9 Å². The van der Waals surface area contributed by atoms with Crippen LogP contribution in [-0.2, 0) is 4.74 Å². The third kappa shape index (κ3) is 2.56. The van der Waals surface area contributed by atoms with Crippen molar-refractivity contribution in [3.05, 3.63) is 28.2 Å². The van der Waals surface area contributed by atoms with E-state index in [2.05, 4.69) is 15.9 Å². The van der Waals surface area contributed by atoms with Crippen molar-refractivity contribution in [2.75, 3.05) is 13.2 Å². The second kappa shape index (κ2) is 5.17. The molecule has 1 fully saturated rings. The zero-order chi connectivity index (χ0) is 11.5. The van der Waals surface area contributed by atoms with Crippen molar-refractivity contribution < 1.29 is 9.84 Å². The van der Waals surface area contributed by atoms with Crippen molar-refractivity contribution >= 4 is 15.9 Å². The molecule has 0 radical (unpaired) electrons. The number of benzene rings is 1. The summed E-state index contributed by atoms with van der Waals surface area (Å²) >= 11 is 3.48. The lowest BCUT2D eigenvalue weighted by Gasteiger charge is -2.28. The van der Waals surface area contributed by atoms with Gasteiger partial charge in [-0.1, -0.05) is 15.9 Å². The van der Waals surface area contributed by atoms with Crippen LogP contribution in [0.15, 0.2) is 22.7 Å². The molecule has 0 saturated carbocycles. The lowest BCUT2D eigenvalue weighted by Crippen LogP contribution is -2.27. The number of phenolic OH excluding ortho intramolecular Hbond substituents is 1. The summed E-state index contributed by atoms with van der Waals surface area (Å²) in [5.41, 5.74) is 7.22. The first kappa shape index (κ1) is 11.9. The van der Waals surface area contributed by atoms with Crippen LogP contribution in [0.1, 0.15) is 24.4 Å². The minimum atomic E-state index is -0.0367. The molecule has 1 aromatic carbocycles. The molecule has 1 heterocycles. The number of hydrogen-bond acceptors (Lipinski definition) is 3. The Morgan fingerprint density at radius 1 is 1.38 bits per heavy atom. The number of rotatable bonds is 2. The van der Waals surface area contributed by atoms with Crippen LogP contribution in [0, 0.1) is 5.92 Å². The summed E-state index contributed by atoms with van der Waals surface area (Å²) in [6.45, 7) is 1.57. The third-order valence-corrected chi connectivity index (χ3v) is 3.83.